The highest BCUT2D eigenvalue weighted by Gasteiger charge is 2.29. The Morgan fingerprint density at radius 3 is 2.77 bits per heavy atom. The summed E-state index contributed by atoms with van der Waals surface area (Å²) in [4.78, 5) is 20.6. The Kier molecular flexibility index (Phi) is 3.70. The van der Waals surface area contributed by atoms with Crippen LogP contribution in [0.4, 0.5) is 0 Å². The molecule has 8 nitrogen and oxygen atoms in total. The van der Waals surface area contributed by atoms with Crippen LogP contribution >= 0.6 is 0 Å². The number of oxazole rings is 1. The number of ether oxygens (including phenoxy) is 1. The lowest BCUT2D eigenvalue weighted by atomic mass is 10.1. The van der Waals surface area contributed by atoms with Crippen molar-refractivity contribution in [3.05, 3.63) is 41.6 Å². The standard InChI is InChI=1S/C18H19N5O3/c24-17(10-23-20-13-3-1-2-4-14(13)21-23)22-7-5-16-15(9-22)19-18(26-16)12-6-8-25-11-12/h1-4,12H,5-11H2. The molecule has 4 heterocycles. The van der Waals surface area contributed by atoms with Crippen LogP contribution in [0.25, 0.3) is 11.0 Å². The van der Waals surface area contributed by atoms with E-state index >= 15 is 0 Å². The fraction of sp³-hybridized carbons (Fsp3) is 0.444. The average Bonchev–Trinajstić information content (AvgIpc) is 3.38. The van der Waals surface area contributed by atoms with Gasteiger partial charge in [-0.3, -0.25) is 4.79 Å². The van der Waals surface area contributed by atoms with Gasteiger partial charge in [0.1, 0.15) is 29.0 Å². The van der Waals surface area contributed by atoms with Gasteiger partial charge in [0.2, 0.25) is 5.91 Å². The molecule has 1 atom stereocenters. The number of hydrogen-bond donors (Lipinski definition) is 0. The van der Waals surface area contributed by atoms with E-state index in [2.05, 4.69) is 15.2 Å². The SMILES string of the molecule is O=C(Cn1nc2ccccc2n1)N1CCc2oc(C3CCOC3)nc2C1. The molecule has 0 bridgehead atoms. The number of amides is 1. The van der Waals surface area contributed by atoms with Crippen LogP contribution in [0.5, 0.6) is 0 Å². The maximum Gasteiger partial charge on any atom is 0.246 e. The number of rotatable bonds is 3. The largest absolute Gasteiger partial charge is 0.445 e. The maximum atomic E-state index is 12.7. The number of carbonyl (C=O) groups excluding carboxylic acids is 1. The molecule has 5 rings (SSSR count). The van der Waals surface area contributed by atoms with Crippen LogP contribution in [0.3, 0.4) is 0 Å². The summed E-state index contributed by atoms with van der Waals surface area (Å²) in [5, 5.41) is 8.72. The van der Waals surface area contributed by atoms with Crippen molar-refractivity contribution in [3.63, 3.8) is 0 Å². The van der Waals surface area contributed by atoms with E-state index in [-0.39, 0.29) is 18.4 Å². The van der Waals surface area contributed by atoms with Gasteiger partial charge in [0.25, 0.3) is 0 Å². The second-order valence-electron chi connectivity index (χ2n) is 6.77. The maximum absolute atomic E-state index is 12.7. The molecule has 2 aromatic heterocycles. The van der Waals surface area contributed by atoms with Gasteiger partial charge in [-0.25, -0.2) is 4.98 Å². The first-order valence-corrected chi connectivity index (χ1v) is 8.90. The zero-order valence-corrected chi connectivity index (χ0v) is 14.3. The first-order valence-electron chi connectivity index (χ1n) is 8.90. The van der Waals surface area contributed by atoms with Crippen LogP contribution in [-0.4, -0.2) is 50.5 Å². The zero-order valence-electron chi connectivity index (χ0n) is 14.3. The lowest BCUT2D eigenvalue weighted by Gasteiger charge is -2.25. The molecule has 8 heteroatoms. The molecular formula is C18H19N5O3. The minimum Gasteiger partial charge on any atom is -0.445 e. The Morgan fingerprint density at radius 1 is 1.23 bits per heavy atom. The summed E-state index contributed by atoms with van der Waals surface area (Å²) in [5.74, 6) is 1.89. The van der Waals surface area contributed by atoms with Crippen molar-refractivity contribution < 1.29 is 13.9 Å². The fourth-order valence-electron chi connectivity index (χ4n) is 3.53. The van der Waals surface area contributed by atoms with Crippen molar-refractivity contribution in [3.8, 4) is 0 Å². The number of nitrogens with zero attached hydrogens (tertiary/aromatic N) is 5. The molecule has 1 unspecified atom stereocenters. The lowest BCUT2D eigenvalue weighted by Crippen LogP contribution is -2.38. The van der Waals surface area contributed by atoms with E-state index in [9.17, 15) is 4.79 Å². The van der Waals surface area contributed by atoms with Gasteiger partial charge < -0.3 is 14.1 Å². The lowest BCUT2D eigenvalue weighted by molar-refractivity contribution is -0.133. The van der Waals surface area contributed by atoms with Crippen LogP contribution in [0.1, 0.15) is 29.7 Å². The summed E-state index contributed by atoms with van der Waals surface area (Å²) >= 11 is 0. The van der Waals surface area contributed by atoms with E-state index in [1.165, 1.54) is 4.80 Å². The molecule has 2 aliphatic heterocycles. The average molecular weight is 353 g/mol. The molecule has 134 valence electrons. The van der Waals surface area contributed by atoms with Crippen molar-refractivity contribution in [2.45, 2.75) is 31.8 Å². The van der Waals surface area contributed by atoms with Gasteiger partial charge in [-0.2, -0.15) is 15.0 Å². The second-order valence-corrected chi connectivity index (χ2v) is 6.77. The molecule has 26 heavy (non-hydrogen) atoms. The van der Waals surface area contributed by atoms with Gasteiger partial charge in [0.05, 0.1) is 19.1 Å². The normalized spacial score (nSPS) is 19.8. The molecule has 1 saturated heterocycles. The Hall–Kier alpha value is -2.74. The van der Waals surface area contributed by atoms with Gasteiger partial charge in [0, 0.05) is 19.6 Å². The monoisotopic (exact) mass is 353 g/mol. The number of hydrogen-bond acceptors (Lipinski definition) is 6. The Bertz CT molecular complexity index is 924. The van der Waals surface area contributed by atoms with Crippen LogP contribution in [0.2, 0.25) is 0 Å². The molecule has 1 fully saturated rings. The minimum atomic E-state index is -0.00953. The summed E-state index contributed by atoms with van der Waals surface area (Å²) in [7, 11) is 0. The van der Waals surface area contributed by atoms with Crippen LogP contribution in [-0.2, 0) is 29.0 Å². The van der Waals surface area contributed by atoms with Crippen molar-refractivity contribution in [2.24, 2.45) is 0 Å². The molecule has 2 aliphatic rings. The van der Waals surface area contributed by atoms with Gasteiger partial charge in [-0.15, -0.1) is 0 Å². The van der Waals surface area contributed by atoms with Gasteiger partial charge in [-0.05, 0) is 18.6 Å². The second kappa shape index (κ2) is 6.21. The van der Waals surface area contributed by atoms with Gasteiger partial charge >= 0.3 is 0 Å². The highest BCUT2D eigenvalue weighted by Crippen LogP contribution is 2.28. The van der Waals surface area contributed by atoms with Crippen molar-refractivity contribution in [1.82, 2.24) is 24.9 Å². The third-order valence-electron chi connectivity index (χ3n) is 4.98. The highest BCUT2D eigenvalue weighted by atomic mass is 16.5. The Labute approximate surface area is 149 Å². The van der Waals surface area contributed by atoms with Crippen molar-refractivity contribution >= 4 is 16.9 Å². The van der Waals surface area contributed by atoms with Crippen molar-refractivity contribution in [2.75, 3.05) is 19.8 Å². The zero-order chi connectivity index (χ0) is 17.5. The molecule has 3 aromatic rings. The van der Waals surface area contributed by atoms with E-state index in [1.54, 1.807) is 4.90 Å². The van der Waals surface area contributed by atoms with E-state index in [0.717, 1.165) is 41.4 Å². The molecule has 0 aliphatic carbocycles. The predicted octanol–water partition coefficient (Wildman–Crippen LogP) is 1.51. The Balaban J connectivity index is 1.29. The van der Waals surface area contributed by atoms with Crippen LogP contribution in [0.15, 0.2) is 28.7 Å². The first-order chi connectivity index (χ1) is 12.8. The first kappa shape index (κ1) is 15.5. The summed E-state index contributed by atoms with van der Waals surface area (Å²) in [6.45, 7) is 2.66. The smallest absolute Gasteiger partial charge is 0.246 e. The Morgan fingerprint density at radius 2 is 2.04 bits per heavy atom. The van der Waals surface area contributed by atoms with Gasteiger partial charge in [-0.1, -0.05) is 12.1 Å². The molecule has 0 saturated carbocycles. The summed E-state index contributed by atoms with van der Waals surface area (Å²) in [6, 6.07) is 7.60. The van der Waals surface area contributed by atoms with Crippen molar-refractivity contribution in [1.29, 1.82) is 0 Å². The molecule has 0 spiro atoms. The number of aromatic nitrogens is 4. The predicted molar refractivity (Wildman–Crippen MR) is 91.3 cm³/mol. The van der Waals surface area contributed by atoms with Gasteiger partial charge in [0.15, 0.2) is 5.89 Å². The molecule has 0 radical (unpaired) electrons. The number of fused-ring (bicyclic) bond motifs is 2. The quantitative estimate of drug-likeness (QED) is 0.709. The molecule has 1 aromatic carbocycles. The summed E-state index contributed by atoms with van der Waals surface area (Å²) in [5.41, 5.74) is 2.45. The highest BCUT2D eigenvalue weighted by molar-refractivity contribution is 5.77. The third-order valence-corrected chi connectivity index (χ3v) is 4.98. The van der Waals surface area contributed by atoms with E-state index in [4.69, 9.17) is 9.15 Å². The number of carbonyl (C=O) groups is 1. The number of benzene rings is 1. The molecule has 1 amide bonds. The van der Waals surface area contributed by atoms with Crippen LogP contribution in [0, 0.1) is 0 Å². The fourth-order valence-corrected chi connectivity index (χ4v) is 3.53. The minimum absolute atomic E-state index is 0.00953. The summed E-state index contributed by atoms with van der Waals surface area (Å²) < 4.78 is 11.3. The molecule has 0 N–H and O–H groups in total. The third kappa shape index (κ3) is 2.76. The van der Waals surface area contributed by atoms with E-state index in [0.29, 0.717) is 26.1 Å². The topological polar surface area (TPSA) is 86.3 Å². The van der Waals surface area contributed by atoms with Crippen LogP contribution < -0.4 is 0 Å². The molecular weight excluding hydrogens is 334 g/mol. The van der Waals surface area contributed by atoms with E-state index < -0.39 is 0 Å². The van der Waals surface area contributed by atoms with E-state index in [1.807, 2.05) is 24.3 Å². The summed E-state index contributed by atoms with van der Waals surface area (Å²) in [6.07, 6.45) is 1.64.